The Morgan fingerprint density at radius 1 is 1.19 bits per heavy atom. The number of nitrogens with zero attached hydrogens (tertiary/aromatic N) is 1. The molecule has 0 bridgehead atoms. The molecule has 0 radical (unpaired) electrons. The Labute approximate surface area is 155 Å². The van der Waals surface area contributed by atoms with Crippen molar-refractivity contribution < 1.29 is 23.5 Å². The summed E-state index contributed by atoms with van der Waals surface area (Å²) in [6, 6.07) is 13.6. The maximum atomic E-state index is 12.5. The maximum Gasteiger partial charge on any atom is 0.344 e. The minimum absolute atomic E-state index is 0.164. The van der Waals surface area contributed by atoms with Crippen LogP contribution in [-0.4, -0.2) is 25.1 Å². The monoisotopic (exact) mass is 364 g/mol. The van der Waals surface area contributed by atoms with Crippen molar-refractivity contribution in [3.8, 4) is 11.8 Å². The number of ether oxygens (including phenoxy) is 2. The lowest BCUT2D eigenvalue weighted by Gasteiger charge is -2.07. The van der Waals surface area contributed by atoms with Gasteiger partial charge in [-0.2, -0.15) is 5.26 Å². The predicted molar refractivity (Wildman–Crippen MR) is 97.5 cm³/mol. The number of fused-ring (bicyclic) bond motifs is 1. The van der Waals surface area contributed by atoms with E-state index in [4.69, 9.17) is 19.2 Å². The minimum atomic E-state index is -0.445. The van der Waals surface area contributed by atoms with Crippen molar-refractivity contribution in [2.24, 2.45) is 0 Å². The summed E-state index contributed by atoms with van der Waals surface area (Å²) in [6.45, 7) is 1.84. The Kier molecular flexibility index (Phi) is 5.38. The number of nitrogens with one attached hydrogen (secondary N) is 1. The number of carbonyl (C=O) groups excluding carboxylic acids is 2. The zero-order valence-electron chi connectivity index (χ0n) is 14.5. The van der Waals surface area contributed by atoms with Gasteiger partial charge >= 0.3 is 5.97 Å². The van der Waals surface area contributed by atoms with Crippen molar-refractivity contribution in [2.45, 2.75) is 6.92 Å². The van der Waals surface area contributed by atoms with Crippen LogP contribution in [0.4, 0.5) is 5.69 Å². The summed E-state index contributed by atoms with van der Waals surface area (Å²) < 4.78 is 15.4. The average Bonchev–Trinajstić information content (AvgIpc) is 3.11. The van der Waals surface area contributed by atoms with Gasteiger partial charge in [-0.05, 0) is 49.4 Å². The summed E-state index contributed by atoms with van der Waals surface area (Å²) in [5.41, 5.74) is 1.04. The smallest absolute Gasteiger partial charge is 0.344 e. The number of carbonyl (C=O) groups is 2. The van der Waals surface area contributed by atoms with Crippen LogP contribution in [0.3, 0.4) is 0 Å². The van der Waals surface area contributed by atoms with Crippen LogP contribution >= 0.6 is 0 Å². The van der Waals surface area contributed by atoms with Crippen LogP contribution in [0.25, 0.3) is 10.8 Å². The molecular formula is C20H16N2O5. The average molecular weight is 364 g/mol. The molecule has 0 unspecified atom stereocenters. The Hall–Kier alpha value is -3.79. The fourth-order valence-corrected chi connectivity index (χ4v) is 2.47. The van der Waals surface area contributed by atoms with E-state index in [0.717, 1.165) is 0 Å². The molecule has 1 N–H and O–H groups in total. The van der Waals surface area contributed by atoms with Gasteiger partial charge in [-0.15, -0.1) is 0 Å². The summed E-state index contributed by atoms with van der Waals surface area (Å²) in [4.78, 5) is 23.7. The molecule has 2 aromatic carbocycles. The van der Waals surface area contributed by atoms with Gasteiger partial charge in [0.2, 0.25) is 0 Å². The number of anilines is 1. The summed E-state index contributed by atoms with van der Waals surface area (Å²) in [7, 11) is 0. The number of furan rings is 1. The normalized spacial score (nSPS) is 10.2. The van der Waals surface area contributed by atoms with Gasteiger partial charge in [0.1, 0.15) is 5.75 Å². The number of amides is 1. The first-order valence-corrected chi connectivity index (χ1v) is 8.22. The molecule has 0 atom stereocenters. The second-order valence-electron chi connectivity index (χ2n) is 5.55. The number of benzene rings is 2. The van der Waals surface area contributed by atoms with E-state index in [-0.39, 0.29) is 12.4 Å². The first kappa shape index (κ1) is 18.0. The van der Waals surface area contributed by atoms with Gasteiger partial charge in [-0.25, -0.2) is 4.79 Å². The highest BCUT2D eigenvalue weighted by Gasteiger charge is 2.15. The van der Waals surface area contributed by atoms with Gasteiger partial charge in [0.15, 0.2) is 12.4 Å². The van der Waals surface area contributed by atoms with Gasteiger partial charge < -0.3 is 19.2 Å². The predicted octanol–water partition coefficient (Wildman–Crippen LogP) is 3.50. The summed E-state index contributed by atoms with van der Waals surface area (Å²) >= 11 is 0. The molecule has 0 saturated carbocycles. The first-order valence-electron chi connectivity index (χ1n) is 8.22. The molecule has 0 aliphatic carbocycles. The number of rotatable bonds is 6. The number of esters is 1. The second kappa shape index (κ2) is 8.06. The van der Waals surface area contributed by atoms with E-state index < -0.39 is 11.9 Å². The van der Waals surface area contributed by atoms with Crippen molar-refractivity contribution in [3.63, 3.8) is 0 Å². The third-order valence-corrected chi connectivity index (χ3v) is 3.71. The second-order valence-corrected chi connectivity index (χ2v) is 5.55. The van der Waals surface area contributed by atoms with E-state index in [0.29, 0.717) is 34.4 Å². The van der Waals surface area contributed by atoms with Gasteiger partial charge in [-0.3, -0.25) is 4.79 Å². The van der Waals surface area contributed by atoms with E-state index in [1.807, 2.05) is 6.07 Å². The lowest BCUT2D eigenvalue weighted by atomic mass is 10.1. The van der Waals surface area contributed by atoms with Crippen molar-refractivity contribution >= 4 is 28.3 Å². The van der Waals surface area contributed by atoms with E-state index in [1.165, 1.54) is 6.26 Å². The van der Waals surface area contributed by atoms with Gasteiger partial charge in [0.25, 0.3) is 5.91 Å². The highest BCUT2D eigenvalue weighted by molar-refractivity contribution is 6.11. The fraction of sp³-hybridized carbons (Fsp3) is 0.150. The lowest BCUT2D eigenvalue weighted by Crippen LogP contribution is -2.14. The number of nitriles is 1. The molecule has 0 aliphatic rings. The van der Waals surface area contributed by atoms with Crippen LogP contribution in [-0.2, 0) is 9.53 Å². The minimum Gasteiger partial charge on any atom is -0.482 e. The molecule has 27 heavy (non-hydrogen) atoms. The zero-order valence-corrected chi connectivity index (χ0v) is 14.5. The Balaban J connectivity index is 1.66. The Bertz CT molecular complexity index is 1020. The molecule has 0 saturated heterocycles. The molecule has 0 aliphatic heterocycles. The summed E-state index contributed by atoms with van der Waals surface area (Å²) in [6.07, 6.45) is 1.44. The maximum absolute atomic E-state index is 12.5. The van der Waals surface area contributed by atoms with Crippen LogP contribution in [0, 0.1) is 11.3 Å². The van der Waals surface area contributed by atoms with Crippen LogP contribution < -0.4 is 10.1 Å². The molecule has 3 aromatic rings. The van der Waals surface area contributed by atoms with Crippen molar-refractivity contribution in [2.75, 3.05) is 18.5 Å². The first-order chi connectivity index (χ1) is 13.1. The summed E-state index contributed by atoms with van der Waals surface area (Å²) in [5, 5.41) is 13.0. The molecule has 1 amide bonds. The van der Waals surface area contributed by atoms with E-state index in [1.54, 1.807) is 49.4 Å². The molecule has 136 valence electrons. The Morgan fingerprint density at radius 3 is 2.67 bits per heavy atom. The molecule has 1 heterocycles. The van der Waals surface area contributed by atoms with E-state index in [9.17, 15) is 9.59 Å². The van der Waals surface area contributed by atoms with Gasteiger partial charge in [-0.1, -0.05) is 0 Å². The van der Waals surface area contributed by atoms with Crippen LogP contribution in [0.5, 0.6) is 5.75 Å². The Morgan fingerprint density at radius 2 is 1.96 bits per heavy atom. The lowest BCUT2D eigenvalue weighted by molar-refractivity contribution is -0.145. The van der Waals surface area contributed by atoms with Crippen molar-refractivity contribution in [1.82, 2.24) is 0 Å². The molecule has 0 fully saturated rings. The molecule has 3 rings (SSSR count). The third kappa shape index (κ3) is 4.25. The molecule has 0 spiro atoms. The molecular weight excluding hydrogens is 348 g/mol. The van der Waals surface area contributed by atoms with E-state index >= 15 is 0 Å². The zero-order chi connectivity index (χ0) is 19.2. The molecule has 7 heteroatoms. The SMILES string of the molecule is CCOC(=O)COc1ccc(NC(=O)c2occ3cc(C#N)ccc23)cc1. The number of hydrogen-bond donors (Lipinski definition) is 1. The fourth-order valence-electron chi connectivity index (χ4n) is 2.47. The third-order valence-electron chi connectivity index (χ3n) is 3.71. The molecule has 1 aromatic heterocycles. The highest BCUT2D eigenvalue weighted by Crippen LogP contribution is 2.24. The van der Waals surface area contributed by atoms with Crippen molar-refractivity contribution in [1.29, 1.82) is 5.26 Å². The summed E-state index contributed by atoms with van der Waals surface area (Å²) in [5.74, 6) is -0.209. The largest absolute Gasteiger partial charge is 0.482 e. The van der Waals surface area contributed by atoms with Crippen LogP contribution in [0.15, 0.2) is 53.1 Å². The highest BCUT2D eigenvalue weighted by atomic mass is 16.6. The quantitative estimate of drug-likeness (QED) is 0.672. The van der Waals surface area contributed by atoms with Crippen LogP contribution in [0.2, 0.25) is 0 Å². The number of hydrogen-bond acceptors (Lipinski definition) is 6. The van der Waals surface area contributed by atoms with E-state index in [2.05, 4.69) is 5.32 Å². The van der Waals surface area contributed by atoms with Gasteiger partial charge in [0.05, 0.1) is 24.5 Å². The van der Waals surface area contributed by atoms with Crippen molar-refractivity contribution in [3.05, 3.63) is 60.1 Å². The molecule has 7 nitrogen and oxygen atoms in total. The topological polar surface area (TPSA) is 102 Å². The standard InChI is InChI=1S/C20H16N2O5/c1-2-25-18(23)12-26-16-6-4-15(5-7-16)22-20(24)19-17-8-3-13(10-21)9-14(17)11-27-19/h3-9,11H,2,12H2,1H3,(H,22,24). The van der Waals surface area contributed by atoms with Gasteiger partial charge in [0, 0.05) is 16.5 Å². The van der Waals surface area contributed by atoms with Crippen LogP contribution in [0.1, 0.15) is 23.0 Å².